The van der Waals surface area contributed by atoms with E-state index in [0.717, 1.165) is 5.57 Å². The molecule has 0 heterocycles. The quantitative estimate of drug-likeness (QED) is 0.426. The molecule has 0 aromatic heterocycles. The third-order valence-electron chi connectivity index (χ3n) is 3.49. The first kappa shape index (κ1) is 19.6. The average Bonchev–Trinajstić information content (AvgIpc) is 2.66. The Labute approximate surface area is 152 Å². The third kappa shape index (κ3) is 5.65. The first-order valence-corrected chi connectivity index (χ1v) is 8.25. The lowest BCUT2D eigenvalue weighted by atomic mass is 9.98. The minimum atomic E-state index is -0.949. The zero-order valence-electron chi connectivity index (χ0n) is 14.7. The Morgan fingerprint density at radius 3 is 2.27 bits per heavy atom. The van der Waals surface area contributed by atoms with Gasteiger partial charge in [-0.05, 0) is 13.0 Å². The van der Waals surface area contributed by atoms with E-state index in [2.05, 4.69) is 6.58 Å². The first-order valence-electron chi connectivity index (χ1n) is 8.25. The molecule has 5 nitrogen and oxygen atoms in total. The van der Waals surface area contributed by atoms with Crippen molar-refractivity contribution in [2.45, 2.75) is 13.0 Å². The summed E-state index contributed by atoms with van der Waals surface area (Å²) in [5, 5.41) is 9.82. The second-order valence-electron chi connectivity index (χ2n) is 5.97. The SMILES string of the molecule is C=C(C)COCC(O)COC(=O)c1ccccc1C(=O)c1ccccc1. The van der Waals surface area contributed by atoms with Crippen LogP contribution in [0.15, 0.2) is 66.7 Å². The van der Waals surface area contributed by atoms with Crippen LogP contribution in [0.5, 0.6) is 0 Å². The molecule has 26 heavy (non-hydrogen) atoms. The highest BCUT2D eigenvalue weighted by atomic mass is 16.5. The number of carbonyl (C=O) groups is 2. The van der Waals surface area contributed by atoms with Gasteiger partial charge in [-0.2, -0.15) is 0 Å². The predicted octanol–water partition coefficient (Wildman–Crippen LogP) is 3.03. The molecule has 0 amide bonds. The van der Waals surface area contributed by atoms with Crippen molar-refractivity contribution in [2.24, 2.45) is 0 Å². The van der Waals surface area contributed by atoms with E-state index >= 15 is 0 Å². The molecule has 136 valence electrons. The zero-order chi connectivity index (χ0) is 18.9. The molecule has 0 saturated carbocycles. The molecule has 0 bridgehead atoms. The van der Waals surface area contributed by atoms with E-state index in [9.17, 15) is 14.7 Å². The van der Waals surface area contributed by atoms with Crippen molar-refractivity contribution in [3.63, 3.8) is 0 Å². The number of carbonyl (C=O) groups excluding carboxylic acids is 2. The van der Waals surface area contributed by atoms with Crippen molar-refractivity contribution in [3.8, 4) is 0 Å². The molecule has 0 spiro atoms. The fraction of sp³-hybridized carbons (Fsp3) is 0.238. The fourth-order valence-corrected chi connectivity index (χ4v) is 2.27. The van der Waals surface area contributed by atoms with Gasteiger partial charge in [-0.15, -0.1) is 0 Å². The van der Waals surface area contributed by atoms with E-state index in [4.69, 9.17) is 9.47 Å². The van der Waals surface area contributed by atoms with Crippen LogP contribution in [0, 0.1) is 0 Å². The van der Waals surface area contributed by atoms with Crippen LogP contribution < -0.4 is 0 Å². The number of esters is 1. The van der Waals surface area contributed by atoms with E-state index in [1.807, 2.05) is 13.0 Å². The molecule has 1 unspecified atom stereocenters. The van der Waals surface area contributed by atoms with E-state index < -0.39 is 12.1 Å². The molecular formula is C21H22O5. The summed E-state index contributed by atoms with van der Waals surface area (Å²) in [5.41, 5.74) is 1.75. The normalized spacial score (nSPS) is 11.6. The van der Waals surface area contributed by atoms with Gasteiger partial charge >= 0.3 is 5.97 Å². The molecule has 1 atom stereocenters. The van der Waals surface area contributed by atoms with Crippen LogP contribution in [-0.4, -0.2) is 42.8 Å². The standard InChI is InChI=1S/C21H22O5/c1-15(2)12-25-13-17(22)14-26-21(24)19-11-7-6-10-18(19)20(23)16-8-4-3-5-9-16/h3-11,17,22H,1,12-14H2,2H3. The van der Waals surface area contributed by atoms with Gasteiger partial charge in [-0.25, -0.2) is 4.79 Å². The Balaban J connectivity index is 2.01. The molecule has 0 aliphatic carbocycles. The van der Waals surface area contributed by atoms with E-state index in [0.29, 0.717) is 12.2 Å². The average molecular weight is 354 g/mol. The molecule has 0 aliphatic heterocycles. The minimum Gasteiger partial charge on any atom is -0.459 e. The van der Waals surface area contributed by atoms with Crippen molar-refractivity contribution in [2.75, 3.05) is 19.8 Å². The van der Waals surface area contributed by atoms with Crippen LogP contribution in [-0.2, 0) is 9.47 Å². The van der Waals surface area contributed by atoms with E-state index in [1.165, 1.54) is 6.07 Å². The van der Waals surface area contributed by atoms with Crippen molar-refractivity contribution in [1.82, 2.24) is 0 Å². The molecule has 1 N–H and O–H groups in total. The van der Waals surface area contributed by atoms with Gasteiger partial charge in [-0.1, -0.05) is 60.7 Å². The van der Waals surface area contributed by atoms with Crippen molar-refractivity contribution in [1.29, 1.82) is 0 Å². The second-order valence-corrected chi connectivity index (χ2v) is 5.97. The number of ether oxygens (including phenoxy) is 2. The lowest BCUT2D eigenvalue weighted by Crippen LogP contribution is -2.24. The Morgan fingerprint density at radius 1 is 1.00 bits per heavy atom. The Hall–Kier alpha value is -2.76. The molecule has 0 saturated heterocycles. The van der Waals surface area contributed by atoms with Gasteiger partial charge in [0.05, 0.1) is 18.8 Å². The molecule has 2 aromatic carbocycles. The molecule has 0 radical (unpaired) electrons. The third-order valence-corrected chi connectivity index (χ3v) is 3.49. The van der Waals surface area contributed by atoms with Crippen molar-refractivity contribution in [3.05, 3.63) is 83.4 Å². The van der Waals surface area contributed by atoms with Crippen molar-refractivity contribution >= 4 is 11.8 Å². The van der Waals surface area contributed by atoms with Gasteiger partial charge in [0.2, 0.25) is 0 Å². The Bertz CT molecular complexity index is 767. The predicted molar refractivity (Wildman–Crippen MR) is 98.2 cm³/mol. The highest BCUT2D eigenvalue weighted by Crippen LogP contribution is 2.16. The fourth-order valence-electron chi connectivity index (χ4n) is 2.27. The number of hydrogen-bond donors (Lipinski definition) is 1. The van der Waals surface area contributed by atoms with Gasteiger partial charge in [0.1, 0.15) is 12.7 Å². The topological polar surface area (TPSA) is 72.8 Å². The first-order chi connectivity index (χ1) is 12.5. The summed E-state index contributed by atoms with van der Waals surface area (Å²) in [6, 6.07) is 15.2. The minimum absolute atomic E-state index is 0.0325. The Kier molecular flexibility index (Phi) is 7.26. The van der Waals surface area contributed by atoms with Crippen LogP contribution >= 0.6 is 0 Å². The van der Waals surface area contributed by atoms with Gasteiger partial charge < -0.3 is 14.6 Å². The molecule has 2 aromatic rings. The molecule has 5 heteroatoms. The zero-order valence-corrected chi connectivity index (χ0v) is 14.7. The number of rotatable bonds is 9. The molecular weight excluding hydrogens is 332 g/mol. The lowest BCUT2D eigenvalue weighted by Gasteiger charge is -2.13. The number of ketones is 1. The molecule has 0 fully saturated rings. The molecule has 2 rings (SSSR count). The van der Waals surface area contributed by atoms with Gasteiger partial charge in [-0.3, -0.25) is 4.79 Å². The summed E-state index contributed by atoms with van der Waals surface area (Å²) in [6.07, 6.45) is -0.949. The summed E-state index contributed by atoms with van der Waals surface area (Å²) in [5.74, 6) is -0.924. The van der Waals surface area contributed by atoms with Gasteiger partial charge in [0.15, 0.2) is 5.78 Å². The van der Waals surface area contributed by atoms with Crippen LogP contribution in [0.1, 0.15) is 33.2 Å². The summed E-state index contributed by atoms with van der Waals surface area (Å²) in [7, 11) is 0. The van der Waals surface area contributed by atoms with Crippen LogP contribution in [0.3, 0.4) is 0 Å². The number of hydrogen-bond acceptors (Lipinski definition) is 5. The van der Waals surface area contributed by atoms with Crippen molar-refractivity contribution < 1.29 is 24.2 Å². The Morgan fingerprint density at radius 2 is 1.62 bits per heavy atom. The van der Waals surface area contributed by atoms with Crippen LogP contribution in [0.25, 0.3) is 0 Å². The summed E-state index contributed by atoms with van der Waals surface area (Å²) in [4.78, 5) is 25.0. The highest BCUT2D eigenvalue weighted by Gasteiger charge is 2.19. The maximum Gasteiger partial charge on any atom is 0.338 e. The summed E-state index contributed by atoms with van der Waals surface area (Å²) < 4.78 is 10.4. The lowest BCUT2D eigenvalue weighted by molar-refractivity contribution is -0.00666. The maximum atomic E-state index is 12.6. The number of aliphatic hydroxyl groups is 1. The monoisotopic (exact) mass is 354 g/mol. The highest BCUT2D eigenvalue weighted by molar-refractivity contribution is 6.14. The van der Waals surface area contributed by atoms with Gasteiger partial charge in [0, 0.05) is 11.1 Å². The van der Waals surface area contributed by atoms with Gasteiger partial charge in [0.25, 0.3) is 0 Å². The summed E-state index contributed by atoms with van der Waals surface area (Å²) in [6.45, 7) is 5.65. The van der Waals surface area contributed by atoms with Crippen LogP contribution in [0.2, 0.25) is 0 Å². The summed E-state index contributed by atoms with van der Waals surface area (Å²) >= 11 is 0. The van der Waals surface area contributed by atoms with E-state index in [1.54, 1.807) is 42.5 Å². The second kappa shape index (κ2) is 9.65. The smallest absolute Gasteiger partial charge is 0.338 e. The largest absolute Gasteiger partial charge is 0.459 e. The molecule has 0 aliphatic rings. The maximum absolute atomic E-state index is 12.6. The number of benzene rings is 2. The van der Waals surface area contributed by atoms with E-state index in [-0.39, 0.29) is 30.1 Å². The number of aliphatic hydroxyl groups excluding tert-OH is 1. The van der Waals surface area contributed by atoms with Crippen LogP contribution in [0.4, 0.5) is 0 Å².